The zero-order valence-corrected chi connectivity index (χ0v) is 19.9. The van der Waals surface area contributed by atoms with E-state index in [1.165, 1.54) is 6.92 Å². The van der Waals surface area contributed by atoms with Gasteiger partial charge in [-0.3, -0.25) is 13.9 Å². The van der Waals surface area contributed by atoms with Gasteiger partial charge >= 0.3 is 0 Å². The number of hydrogen-bond acceptors (Lipinski definition) is 4. The van der Waals surface area contributed by atoms with Crippen LogP contribution < -0.4 is 14.9 Å². The topological polar surface area (TPSA) is 95.6 Å². The van der Waals surface area contributed by atoms with E-state index in [0.29, 0.717) is 16.9 Å². The molecule has 2 rings (SSSR count). The highest BCUT2D eigenvalue weighted by atomic mass is 32.2. The quantitative estimate of drug-likeness (QED) is 0.710. The van der Waals surface area contributed by atoms with Crippen LogP contribution in [0.3, 0.4) is 0 Å². The van der Waals surface area contributed by atoms with Gasteiger partial charge in [0.15, 0.2) is 0 Å². The van der Waals surface area contributed by atoms with Crippen molar-refractivity contribution in [2.24, 2.45) is 0 Å². The number of hydrogen-bond donors (Lipinski definition) is 2. The molecule has 0 aromatic heterocycles. The Morgan fingerprint density at radius 1 is 1.03 bits per heavy atom. The Morgan fingerprint density at radius 2 is 1.65 bits per heavy atom. The van der Waals surface area contributed by atoms with E-state index < -0.39 is 27.5 Å². The molecule has 0 saturated heterocycles. The van der Waals surface area contributed by atoms with Crippen LogP contribution in [0.2, 0.25) is 0 Å². The number of anilines is 2. The molecule has 0 saturated carbocycles. The van der Waals surface area contributed by atoms with E-state index in [1.807, 2.05) is 39.8 Å². The Balaban J connectivity index is 2.39. The summed E-state index contributed by atoms with van der Waals surface area (Å²) in [7, 11) is -3.75. The minimum Gasteiger partial charge on any atom is -0.347 e. The number of rotatable bonds is 6. The molecule has 168 valence electrons. The second-order valence-electron chi connectivity index (χ2n) is 8.76. The Hall–Kier alpha value is -2.87. The summed E-state index contributed by atoms with van der Waals surface area (Å²) in [6.07, 6.45) is 1.07. The van der Waals surface area contributed by atoms with Crippen LogP contribution in [0.1, 0.15) is 49.2 Å². The third kappa shape index (κ3) is 6.30. The summed E-state index contributed by atoms with van der Waals surface area (Å²) in [5.74, 6) is -0.868. The molecule has 0 unspecified atom stereocenters. The highest BCUT2D eigenvalue weighted by Gasteiger charge is 2.31. The smallest absolute Gasteiger partial charge is 0.253 e. The molecule has 0 heterocycles. The van der Waals surface area contributed by atoms with Gasteiger partial charge in [-0.25, -0.2) is 8.42 Å². The van der Waals surface area contributed by atoms with Gasteiger partial charge in [-0.05, 0) is 70.9 Å². The first-order valence-electron chi connectivity index (χ1n) is 10.00. The number of nitrogens with zero attached hydrogens (tertiary/aromatic N) is 1. The average molecular weight is 446 g/mol. The number of benzene rings is 2. The highest BCUT2D eigenvalue weighted by molar-refractivity contribution is 7.92. The predicted octanol–water partition coefficient (Wildman–Crippen LogP) is 3.62. The van der Waals surface area contributed by atoms with Gasteiger partial charge in [0.2, 0.25) is 15.9 Å². The Morgan fingerprint density at radius 3 is 2.23 bits per heavy atom. The highest BCUT2D eigenvalue weighted by Crippen LogP contribution is 2.27. The summed E-state index contributed by atoms with van der Waals surface area (Å²) in [5.41, 5.74) is 2.24. The monoisotopic (exact) mass is 445 g/mol. The third-order valence-corrected chi connectivity index (χ3v) is 5.84. The molecular weight excluding hydrogens is 414 g/mol. The summed E-state index contributed by atoms with van der Waals surface area (Å²) in [5, 5.41) is 5.60. The van der Waals surface area contributed by atoms with Crippen molar-refractivity contribution in [1.82, 2.24) is 5.32 Å². The fourth-order valence-electron chi connectivity index (χ4n) is 3.17. The molecule has 0 aliphatic heterocycles. The second kappa shape index (κ2) is 9.09. The minimum absolute atomic E-state index is 0.301. The van der Waals surface area contributed by atoms with Gasteiger partial charge in [-0.15, -0.1) is 0 Å². The van der Waals surface area contributed by atoms with E-state index in [0.717, 1.165) is 21.7 Å². The van der Waals surface area contributed by atoms with Crippen molar-refractivity contribution < 1.29 is 18.0 Å². The number of sulfonamides is 1. The van der Waals surface area contributed by atoms with Crippen LogP contribution in [0.15, 0.2) is 42.5 Å². The molecular formula is C23H31N3O4S. The second-order valence-corrected chi connectivity index (χ2v) is 10.6. The predicted molar refractivity (Wildman–Crippen MR) is 125 cm³/mol. The van der Waals surface area contributed by atoms with Crippen LogP contribution >= 0.6 is 0 Å². The van der Waals surface area contributed by atoms with Gasteiger partial charge < -0.3 is 10.6 Å². The van der Waals surface area contributed by atoms with Crippen molar-refractivity contribution in [3.05, 3.63) is 59.2 Å². The van der Waals surface area contributed by atoms with Gasteiger partial charge in [-0.2, -0.15) is 0 Å². The lowest BCUT2D eigenvalue weighted by molar-refractivity contribution is -0.116. The lowest BCUT2D eigenvalue weighted by Crippen LogP contribution is -2.46. The third-order valence-electron chi connectivity index (χ3n) is 4.61. The molecule has 2 amide bonds. The zero-order chi connectivity index (χ0) is 23.6. The van der Waals surface area contributed by atoms with Crippen molar-refractivity contribution in [3.63, 3.8) is 0 Å². The Bertz CT molecular complexity index is 1090. The maximum atomic E-state index is 13.1. The zero-order valence-electron chi connectivity index (χ0n) is 19.1. The standard InChI is InChI=1S/C23H31N3O4S/c1-15-12-13-16(2)20(14-15)26(31(7,29)30)17(3)21(27)24-19-11-9-8-10-18(19)22(28)25-23(4,5)6/h8-14,17H,1-7H3,(H,24,27)(H,25,28)/t17-/m1/s1. The minimum atomic E-state index is -3.75. The molecule has 2 N–H and O–H groups in total. The Kier molecular flexibility index (Phi) is 7.16. The van der Waals surface area contributed by atoms with E-state index in [9.17, 15) is 18.0 Å². The Labute approximate surface area is 184 Å². The van der Waals surface area contributed by atoms with Crippen molar-refractivity contribution in [1.29, 1.82) is 0 Å². The molecule has 0 aliphatic carbocycles. The van der Waals surface area contributed by atoms with Crippen LogP contribution in [0.5, 0.6) is 0 Å². The van der Waals surface area contributed by atoms with Crippen LogP contribution in [0.4, 0.5) is 11.4 Å². The van der Waals surface area contributed by atoms with Crippen LogP contribution in [0, 0.1) is 13.8 Å². The van der Waals surface area contributed by atoms with Crippen LogP contribution in [-0.4, -0.2) is 38.1 Å². The molecule has 0 aliphatic rings. The van der Waals surface area contributed by atoms with E-state index in [1.54, 1.807) is 37.3 Å². The molecule has 0 radical (unpaired) electrons. The fraction of sp³-hybridized carbons (Fsp3) is 0.391. The number of carbonyl (C=O) groups excluding carboxylic acids is 2. The number of aryl methyl sites for hydroxylation is 2. The molecule has 0 spiro atoms. The lowest BCUT2D eigenvalue weighted by atomic mass is 10.1. The van der Waals surface area contributed by atoms with Crippen LogP contribution in [-0.2, 0) is 14.8 Å². The van der Waals surface area contributed by atoms with E-state index in [4.69, 9.17) is 0 Å². The van der Waals surface area contributed by atoms with Crippen molar-refractivity contribution >= 4 is 33.2 Å². The summed E-state index contributed by atoms with van der Waals surface area (Å²) < 4.78 is 26.3. The maximum Gasteiger partial charge on any atom is 0.253 e. The first-order valence-corrected chi connectivity index (χ1v) is 11.8. The number of para-hydroxylation sites is 1. The largest absolute Gasteiger partial charge is 0.347 e. The molecule has 31 heavy (non-hydrogen) atoms. The van der Waals surface area contributed by atoms with E-state index >= 15 is 0 Å². The number of amides is 2. The molecule has 2 aromatic carbocycles. The first kappa shape index (κ1) is 24.4. The van der Waals surface area contributed by atoms with E-state index in [2.05, 4.69) is 10.6 Å². The molecule has 0 fully saturated rings. The average Bonchev–Trinajstić information content (AvgIpc) is 2.62. The van der Waals surface area contributed by atoms with Gasteiger partial charge in [0.1, 0.15) is 6.04 Å². The summed E-state index contributed by atoms with van der Waals surface area (Å²) in [6, 6.07) is 11.0. The van der Waals surface area contributed by atoms with Gasteiger partial charge in [0.25, 0.3) is 5.91 Å². The molecule has 1 atom stereocenters. The van der Waals surface area contributed by atoms with E-state index in [-0.39, 0.29) is 5.91 Å². The number of nitrogens with one attached hydrogen (secondary N) is 2. The van der Waals surface area contributed by atoms with Gasteiger partial charge in [0, 0.05) is 5.54 Å². The van der Waals surface area contributed by atoms with Crippen molar-refractivity contribution in [3.8, 4) is 0 Å². The fourth-order valence-corrected chi connectivity index (χ4v) is 4.40. The van der Waals surface area contributed by atoms with Crippen molar-refractivity contribution in [2.45, 2.75) is 53.1 Å². The van der Waals surface area contributed by atoms with Crippen molar-refractivity contribution in [2.75, 3.05) is 15.9 Å². The molecule has 7 nitrogen and oxygen atoms in total. The summed E-state index contributed by atoms with van der Waals surface area (Å²) >= 11 is 0. The maximum absolute atomic E-state index is 13.1. The van der Waals surface area contributed by atoms with Crippen LogP contribution in [0.25, 0.3) is 0 Å². The summed E-state index contributed by atoms with van der Waals surface area (Å²) in [6.45, 7) is 10.8. The molecule has 2 aromatic rings. The molecule has 8 heteroatoms. The normalized spacial score (nSPS) is 12.7. The summed E-state index contributed by atoms with van der Waals surface area (Å²) in [4.78, 5) is 25.7. The number of carbonyl (C=O) groups is 2. The lowest BCUT2D eigenvalue weighted by Gasteiger charge is -2.30. The first-order chi connectivity index (χ1) is 14.2. The van der Waals surface area contributed by atoms with Gasteiger partial charge in [-0.1, -0.05) is 24.3 Å². The molecule has 0 bridgehead atoms. The SMILES string of the molecule is Cc1ccc(C)c(N([C@H](C)C(=O)Nc2ccccc2C(=O)NC(C)(C)C)S(C)(=O)=O)c1. The van der Waals surface area contributed by atoms with Gasteiger partial charge in [0.05, 0.1) is 23.2 Å².